The summed E-state index contributed by atoms with van der Waals surface area (Å²) in [5.41, 5.74) is 0.806. The molecule has 1 aliphatic carbocycles. The zero-order chi connectivity index (χ0) is 12.4. The summed E-state index contributed by atoms with van der Waals surface area (Å²) in [6, 6.07) is 7.28. The Morgan fingerprint density at radius 2 is 1.59 bits per heavy atom. The summed E-state index contributed by atoms with van der Waals surface area (Å²) in [5.74, 6) is 1.83. The Hall–Kier alpha value is -0.820. The number of ketones is 1. The summed E-state index contributed by atoms with van der Waals surface area (Å²) >= 11 is 5.84. The highest BCUT2D eigenvalue weighted by Gasteiger charge is 2.29. The Labute approximate surface area is 108 Å². The lowest BCUT2D eigenvalue weighted by Crippen LogP contribution is -2.26. The highest BCUT2D eigenvalue weighted by atomic mass is 35.5. The molecule has 1 fully saturated rings. The van der Waals surface area contributed by atoms with E-state index < -0.39 is 0 Å². The van der Waals surface area contributed by atoms with E-state index in [1.165, 1.54) is 6.42 Å². The largest absolute Gasteiger partial charge is 0.294 e. The van der Waals surface area contributed by atoms with Crippen molar-refractivity contribution in [1.29, 1.82) is 0 Å². The van der Waals surface area contributed by atoms with Crippen LogP contribution in [0, 0.1) is 17.8 Å². The minimum atomic E-state index is 0.204. The third-order valence-electron chi connectivity index (χ3n) is 3.68. The first kappa shape index (κ1) is 12.6. The van der Waals surface area contributed by atoms with Gasteiger partial charge in [-0.2, -0.15) is 0 Å². The van der Waals surface area contributed by atoms with Gasteiger partial charge in [-0.25, -0.2) is 0 Å². The van der Waals surface area contributed by atoms with E-state index in [2.05, 4.69) is 13.8 Å². The second-order valence-electron chi connectivity index (χ2n) is 5.49. The van der Waals surface area contributed by atoms with Gasteiger partial charge in [0.25, 0.3) is 0 Å². The molecule has 0 aliphatic heterocycles. The van der Waals surface area contributed by atoms with Crippen LogP contribution in [0.3, 0.4) is 0 Å². The van der Waals surface area contributed by atoms with Crippen LogP contribution >= 0.6 is 11.6 Å². The van der Waals surface area contributed by atoms with Crippen molar-refractivity contribution in [2.24, 2.45) is 17.8 Å². The number of hydrogen-bond acceptors (Lipinski definition) is 1. The molecule has 1 aliphatic rings. The van der Waals surface area contributed by atoms with Crippen molar-refractivity contribution in [3.63, 3.8) is 0 Å². The molecule has 1 nitrogen and oxygen atoms in total. The van der Waals surface area contributed by atoms with Gasteiger partial charge >= 0.3 is 0 Å². The van der Waals surface area contributed by atoms with Crippen molar-refractivity contribution in [3.05, 3.63) is 34.9 Å². The molecule has 0 radical (unpaired) electrons. The van der Waals surface area contributed by atoms with Gasteiger partial charge in [-0.05, 0) is 55.4 Å². The van der Waals surface area contributed by atoms with Gasteiger partial charge in [-0.3, -0.25) is 4.79 Å². The standard InChI is InChI=1S/C15H19ClO/c1-10-7-11(2)9-13(8-10)15(17)12-3-5-14(16)6-4-12/h3-6,10-11,13H,7-9H2,1-2H3. The lowest BCUT2D eigenvalue weighted by molar-refractivity contribution is 0.0836. The summed E-state index contributed by atoms with van der Waals surface area (Å²) in [7, 11) is 0. The van der Waals surface area contributed by atoms with Crippen LogP contribution < -0.4 is 0 Å². The van der Waals surface area contributed by atoms with E-state index in [0.717, 1.165) is 18.4 Å². The lowest BCUT2D eigenvalue weighted by Gasteiger charge is -2.30. The second-order valence-corrected chi connectivity index (χ2v) is 5.92. The number of rotatable bonds is 2. The van der Waals surface area contributed by atoms with E-state index in [4.69, 9.17) is 11.6 Å². The van der Waals surface area contributed by atoms with Crippen LogP contribution in [0.15, 0.2) is 24.3 Å². The monoisotopic (exact) mass is 250 g/mol. The molecular formula is C15H19ClO. The molecule has 17 heavy (non-hydrogen) atoms. The van der Waals surface area contributed by atoms with E-state index in [1.807, 2.05) is 12.1 Å². The van der Waals surface area contributed by atoms with Gasteiger partial charge in [-0.1, -0.05) is 25.4 Å². The van der Waals surface area contributed by atoms with E-state index in [-0.39, 0.29) is 5.92 Å². The average molecular weight is 251 g/mol. The first-order valence-corrected chi connectivity index (χ1v) is 6.74. The van der Waals surface area contributed by atoms with Crippen molar-refractivity contribution >= 4 is 17.4 Å². The number of benzene rings is 1. The van der Waals surface area contributed by atoms with E-state index in [9.17, 15) is 4.79 Å². The van der Waals surface area contributed by atoms with Gasteiger partial charge < -0.3 is 0 Å². The molecule has 2 rings (SSSR count). The van der Waals surface area contributed by atoms with Gasteiger partial charge in [0.15, 0.2) is 5.78 Å². The normalized spacial score (nSPS) is 29.0. The van der Waals surface area contributed by atoms with Gasteiger partial charge in [0.05, 0.1) is 0 Å². The average Bonchev–Trinajstić information content (AvgIpc) is 2.28. The van der Waals surface area contributed by atoms with Crippen LogP contribution in [0.2, 0.25) is 5.02 Å². The minimum Gasteiger partial charge on any atom is -0.294 e. The second kappa shape index (κ2) is 5.22. The summed E-state index contributed by atoms with van der Waals surface area (Å²) in [4.78, 5) is 12.4. The SMILES string of the molecule is CC1CC(C)CC(C(=O)c2ccc(Cl)cc2)C1. The topological polar surface area (TPSA) is 17.1 Å². The van der Waals surface area contributed by atoms with Crippen LogP contribution in [-0.2, 0) is 0 Å². The maximum Gasteiger partial charge on any atom is 0.165 e. The Morgan fingerprint density at radius 1 is 1.06 bits per heavy atom. The molecule has 0 heterocycles. The molecule has 92 valence electrons. The van der Waals surface area contributed by atoms with Gasteiger partial charge in [0, 0.05) is 16.5 Å². The lowest BCUT2D eigenvalue weighted by atomic mass is 9.74. The van der Waals surface area contributed by atoms with Crippen molar-refractivity contribution in [1.82, 2.24) is 0 Å². The predicted molar refractivity (Wildman–Crippen MR) is 71.5 cm³/mol. The van der Waals surface area contributed by atoms with E-state index in [1.54, 1.807) is 12.1 Å². The fourth-order valence-electron chi connectivity index (χ4n) is 3.01. The Morgan fingerprint density at radius 3 is 2.12 bits per heavy atom. The zero-order valence-corrected chi connectivity index (χ0v) is 11.2. The van der Waals surface area contributed by atoms with Crippen molar-refractivity contribution in [3.8, 4) is 0 Å². The third-order valence-corrected chi connectivity index (χ3v) is 3.93. The fraction of sp³-hybridized carbons (Fsp3) is 0.533. The van der Waals surface area contributed by atoms with Crippen LogP contribution in [0.5, 0.6) is 0 Å². The third kappa shape index (κ3) is 3.10. The maximum atomic E-state index is 12.4. The molecular weight excluding hydrogens is 232 g/mol. The molecule has 0 saturated heterocycles. The molecule has 2 unspecified atom stereocenters. The van der Waals surface area contributed by atoms with Crippen molar-refractivity contribution in [2.75, 3.05) is 0 Å². The van der Waals surface area contributed by atoms with Crippen LogP contribution in [0.25, 0.3) is 0 Å². The fourth-order valence-corrected chi connectivity index (χ4v) is 3.14. The highest BCUT2D eigenvalue weighted by Crippen LogP contribution is 2.34. The van der Waals surface area contributed by atoms with E-state index in [0.29, 0.717) is 22.6 Å². The Bertz CT molecular complexity index is 386. The number of Topliss-reactive ketones (excluding diaryl/α,β-unsaturated/α-hetero) is 1. The van der Waals surface area contributed by atoms with Gasteiger partial charge in [-0.15, -0.1) is 0 Å². The zero-order valence-electron chi connectivity index (χ0n) is 10.4. The van der Waals surface area contributed by atoms with Crippen LogP contribution in [-0.4, -0.2) is 5.78 Å². The highest BCUT2D eigenvalue weighted by molar-refractivity contribution is 6.30. The molecule has 0 aromatic heterocycles. The smallest absolute Gasteiger partial charge is 0.165 e. The predicted octanol–water partition coefficient (Wildman–Crippen LogP) is 4.60. The molecule has 1 aromatic rings. The van der Waals surface area contributed by atoms with Crippen LogP contribution in [0.4, 0.5) is 0 Å². The Balaban J connectivity index is 2.11. The molecule has 0 amide bonds. The molecule has 1 saturated carbocycles. The summed E-state index contributed by atoms with van der Waals surface area (Å²) in [6.07, 6.45) is 3.32. The number of halogens is 1. The first-order chi connectivity index (χ1) is 8.06. The van der Waals surface area contributed by atoms with Crippen LogP contribution in [0.1, 0.15) is 43.5 Å². The quantitative estimate of drug-likeness (QED) is 0.702. The molecule has 2 heteroatoms. The van der Waals surface area contributed by atoms with Crippen molar-refractivity contribution in [2.45, 2.75) is 33.1 Å². The number of carbonyl (C=O) groups excluding carboxylic acids is 1. The summed E-state index contributed by atoms with van der Waals surface area (Å²) < 4.78 is 0. The number of carbonyl (C=O) groups is 1. The summed E-state index contributed by atoms with van der Waals surface area (Å²) in [6.45, 7) is 4.50. The maximum absolute atomic E-state index is 12.4. The van der Waals surface area contributed by atoms with Gasteiger partial charge in [0.2, 0.25) is 0 Å². The molecule has 0 spiro atoms. The summed E-state index contributed by atoms with van der Waals surface area (Å²) in [5, 5.41) is 0.687. The van der Waals surface area contributed by atoms with Crippen molar-refractivity contribution < 1.29 is 4.79 Å². The number of hydrogen-bond donors (Lipinski definition) is 0. The molecule has 0 N–H and O–H groups in total. The first-order valence-electron chi connectivity index (χ1n) is 6.36. The minimum absolute atomic E-state index is 0.204. The van der Waals surface area contributed by atoms with Gasteiger partial charge in [0.1, 0.15) is 0 Å². The molecule has 2 atom stereocenters. The molecule has 1 aromatic carbocycles. The van der Waals surface area contributed by atoms with E-state index >= 15 is 0 Å². The molecule has 0 bridgehead atoms. The Kier molecular flexibility index (Phi) is 3.88.